The van der Waals surface area contributed by atoms with E-state index in [-0.39, 0.29) is 6.04 Å². The van der Waals surface area contributed by atoms with Gasteiger partial charge in [-0.25, -0.2) is 0 Å². The van der Waals surface area contributed by atoms with Crippen LogP contribution >= 0.6 is 0 Å². The molecule has 0 aromatic heterocycles. The van der Waals surface area contributed by atoms with Crippen molar-refractivity contribution in [2.75, 3.05) is 19.6 Å². The third kappa shape index (κ3) is 4.69. The van der Waals surface area contributed by atoms with E-state index in [0.717, 1.165) is 25.4 Å². The molecule has 1 unspecified atom stereocenters. The summed E-state index contributed by atoms with van der Waals surface area (Å²) in [6.45, 7) is 8.34. The highest BCUT2D eigenvalue weighted by molar-refractivity contribution is 7.87. The molecule has 2 fully saturated rings. The van der Waals surface area contributed by atoms with Crippen LogP contribution in [-0.4, -0.2) is 44.4 Å². The highest BCUT2D eigenvalue weighted by Crippen LogP contribution is 2.22. The van der Waals surface area contributed by atoms with Gasteiger partial charge in [0.05, 0.1) is 0 Å². The van der Waals surface area contributed by atoms with Crippen LogP contribution in [0.1, 0.15) is 46.5 Å². The summed E-state index contributed by atoms with van der Waals surface area (Å²) in [4.78, 5) is 0. The van der Waals surface area contributed by atoms with Crippen molar-refractivity contribution in [2.45, 2.75) is 58.5 Å². The van der Waals surface area contributed by atoms with Gasteiger partial charge in [-0.15, -0.1) is 0 Å². The van der Waals surface area contributed by atoms with Crippen molar-refractivity contribution < 1.29 is 8.42 Å². The van der Waals surface area contributed by atoms with Crippen molar-refractivity contribution in [3.05, 3.63) is 0 Å². The van der Waals surface area contributed by atoms with Gasteiger partial charge in [0, 0.05) is 25.2 Å². The van der Waals surface area contributed by atoms with E-state index < -0.39 is 10.2 Å². The van der Waals surface area contributed by atoms with Crippen LogP contribution in [0.5, 0.6) is 0 Å². The first-order valence-corrected chi connectivity index (χ1v) is 9.33. The monoisotopic (exact) mass is 303 g/mol. The summed E-state index contributed by atoms with van der Waals surface area (Å²) in [6, 6.07) is 0.722. The van der Waals surface area contributed by atoms with Crippen LogP contribution in [-0.2, 0) is 10.2 Å². The highest BCUT2D eigenvalue weighted by atomic mass is 32.2. The Kier molecular flexibility index (Phi) is 5.45. The van der Waals surface area contributed by atoms with E-state index in [1.54, 1.807) is 4.31 Å². The lowest BCUT2D eigenvalue weighted by molar-refractivity contribution is 0.262. The average Bonchev–Trinajstić information content (AvgIpc) is 3.20. The molecule has 2 N–H and O–H groups in total. The van der Waals surface area contributed by atoms with E-state index in [4.69, 9.17) is 0 Å². The Bertz CT molecular complexity index is 399. The Morgan fingerprint density at radius 2 is 1.70 bits per heavy atom. The maximum Gasteiger partial charge on any atom is 0.279 e. The lowest BCUT2D eigenvalue weighted by Gasteiger charge is -2.32. The predicted octanol–water partition coefficient (Wildman–Crippen LogP) is 1.33. The van der Waals surface area contributed by atoms with E-state index in [0.29, 0.717) is 24.9 Å². The van der Waals surface area contributed by atoms with E-state index >= 15 is 0 Å². The minimum absolute atomic E-state index is 0.0192. The predicted molar refractivity (Wildman–Crippen MR) is 81.7 cm³/mol. The fourth-order valence-electron chi connectivity index (χ4n) is 2.42. The smallest absolute Gasteiger partial charge is 0.279 e. The van der Waals surface area contributed by atoms with E-state index in [2.05, 4.69) is 10.0 Å². The SMILES string of the molecule is CC(C)C(C)NS(=O)(=O)N1CCC(CNC2CC2)CC1. The maximum atomic E-state index is 12.3. The van der Waals surface area contributed by atoms with Gasteiger partial charge < -0.3 is 5.32 Å². The van der Waals surface area contributed by atoms with Crippen LogP contribution in [0, 0.1) is 11.8 Å². The lowest BCUT2D eigenvalue weighted by atomic mass is 9.98. The van der Waals surface area contributed by atoms with E-state index in [1.165, 1.54) is 12.8 Å². The van der Waals surface area contributed by atoms with Crippen LogP contribution in [0.4, 0.5) is 0 Å². The zero-order valence-corrected chi connectivity index (χ0v) is 13.7. The summed E-state index contributed by atoms with van der Waals surface area (Å²) in [5, 5.41) is 3.54. The molecule has 20 heavy (non-hydrogen) atoms. The Labute approximate surface area is 123 Å². The number of piperidine rings is 1. The molecular weight excluding hydrogens is 274 g/mol. The second-order valence-electron chi connectivity index (χ2n) is 6.68. The highest BCUT2D eigenvalue weighted by Gasteiger charge is 2.30. The normalized spacial score (nSPS) is 24.2. The van der Waals surface area contributed by atoms with E-state index in [1.807, 2.05) is 20.8 Å². The quantitative estimate of drug-likeness (QED) is 0.746. The molecule has 1 aliphatic heterocycles. The van der Waals surface area contributed by atoms with Crippen molar-refractivity contribution in [1.29, 1.82) is 0 Å². The van der Waals surface area contributed by atoms with Crippen LogP contribution in [0.3, 0.4) is 0 Å². The van der Waals surface area contributed by atoms with Crippen LogP contribution < -0.4 is 10.0 Å². The molecule has 0 bridgehead atoms. The molecule has 0 spiro atoms. The number of hydrogen-bond acceptors (Lipinski definition) is 3. The molecule has 0 aromatic carbocycles. The van der Waals surface area contributed by atoms with Crippen molar-refractivity contribution in [3.63, 3.8) is 0 Å². The van der Waals surface area contributed by atoms with Gasteiger partial charge in [0.2, 0.25) is 0 Å². The molecule has 1 aliphatic carbocycles. The van der Waals surface area contributed by atoms with Gasteiger partial charge in [0.1, 0.15) is 0 Å². The van der Waals surface area contributed by atoms with Gasteiger partial charge in [-0.2, -0.15) is 17.4 Å². The second kappa shape index (κ2) is 6.73. The second-order valence-corrected chi connectivity index (χ2v) is 8.38. The van der Waals surface area contributed by atoms with Gasteiger partial charge >= 0.3 is 0 Å². The molecule has 1 atom stereocenters. The summed E-state index contributed by atoms with van der Waals surface area (Å²) in [5.74, 6) is 0.939. The van der Waals surface area contributed by atoms with Crippen molar-refractivity contribution in [1.82, 2.24) is 14.3 Å². The van der Waals surface area contributed by atoms with Gasteiger partial charge in [0.25, 0.3) is 10.2 Å². The summed E-state index contributed by atoms with van der Waals surface area (Å²) < 4.78 is 29.0. The number of hydrogen-bond donors (Lipinski definition) is 2. The van der Waals surface area contributed by atoms with Crippen LogP contribution in [0.25, 0.3) is 0 Å². The first-order valence-electron chi connectivity index (χ1n) is 7.89. The fraction of sp³-hybridized carbons (Fsp3) is 1.00. The topological polar surface area (TPSA) is 61.4 Å². The minimum Gasteiger partial charge on any atom is -0.314 e. The van der Waals surface area contributed by atoms with Gasteiger partial charge in [-0.3, -0.25) is 0 Å². The third-order valence-electron chi connectivity index (χ3n) is 4.52. The molecule has 1 saturated heterocycles. The molecule has 2 rings (SSSR count). The maximum absolute atomic E-state index is 12.3. The van der Waals surface area contributed by atoms with Crippen LogP contribution in [0.15, 0.2) is 0 Å². The Morgan fingerprint density at radius 1 is 1.10 bits per heavy atom. The molecule has 6 heteroatoms. The molecular formula is C14H29N3O2S. The van der Waals surface area contributed by atoms with E-state index in [9.17, 15) is 8.42 Å². The third-order valence-corrected chi connectivity index (χ3v) is 6.24. The number of nitrogens with one attached hydrogen (secondary N) is 2. The standard InChI is InChI=1S/C14H29N3O2S/c1-11(2)12(3)16-20(18,19)17-8-6-13(7-9-17)10-15-14-4-5-14/h11-16H,4-10H2,1-3H3. The van der Waals surface area contributed by atoms with Crippen LogP contribution in [0.2, 0.25) is 0 Å². The molecule has 0 amide bonds. The van der Waals surface area contributed by atoms with Crippen molar-refractivity contribution >= 4 is 10.2 Å². The first kappa shape index (κ1) is 16.2. The van der Waals surface area contributed by atoms with Gasteiger partial charge in [-0.1, -0.05) is 13.8 Å². The Morgan fingerprint density at radius 3 is 2.20 bits per heavy atom. The molecule has 5 nitrogen and oxygen atoms in total. The summed E-state index contributed by atoms with van der Waals surface area (Å²) >= 11 is 0. The average molecular weight is 303 g/mol. The zero-order chi connectivity index (χ0) is 14.8. The Balaban J connectivity index is 1.76. The molecule has 118 valence electrons. The molecule has 2 aliphatic rings. The zero-order valence-electron chi connectivity index (χ0n) is 12.9. The number of rotatable bonds is 7. The Hall–Kier alpha value is -0.170. The van der Waals surface area contributed by atoms with Gasteiger partial charge in [-0.05, 0) is 51.0 Å². The first-order chi connectivity index (χ1) is 9.38. The molecule has 1 saturated carbocycles. The van der Waals surface area contributed by atoms with Crippen molar-refractivity contribution in [2.24, 2.45) is 11.8 Å². The van der Waals surface area contributed by atoms with Gasteiger partial charge in [0.15, 0.2) is 0 Å². The summed E-state index contributed by atoms with van der Waals surface area (Å²) in [5.41, 5.74) is 0. The number of nitrogens with zero attached hydrogens (tertiary/aromatic N) is 1. The van der Waals surface area contributed by atoms with Crippen molar-refractivity contribution in [3.8, 4) is 0 Å². The largest absolute Gasteiger partial charge is 0.314 e. The molecule has 0 aromatic rings. The fourth-order valence-corrected chi connectivity index (χ4v) is 4.00. The minimum atomic E-state index is -3.31. The lowest BCUT2D eigenvalue weighted by Crippen LogP contribution is -2.49. The summed E-state index contributed by atoms with van der Waals surface area (Å²) in [6.07, 6.45) is 4.56. The summed E-state index contributed by atoms with van der Waals surface area (Å²) in [7, 11) is -3.31. The molecule has 1 heterocycles. The molecule has 0 radical (unpaired) electrons.